The minimum Gasteiger partial charge on any atom is -0.743 e. The van der Waals surface area contributed by atoms with Crippen LogP contribution in [0.15, 0.2) is 154 Å². The van der Waals surface area contributed by atoms with Gasteiger partial charge >= 0.3 is 35.1 Å². The van der Waals surface area contributed by atoms with Crippen LogP contribution in [0, 0.1) is 27.6 Å². The fourth-order valence-corrected chi connectivity index (χ4v) is 11.8. The first-order valence-corrected chi connectivity index (χ1v) is 33.0. The van der Waals surface area contributed by atoms with Crippen molar-refractivity contribution in [3.8, 4) is 11.5 Å². The smallest absolute Gasteiger partial charge is 0.369 e. The summed E-state index contributed by atoms with van der Waals surface area (Å²) in [6.07, 6.45) is 1.55. The molecule has 1 aliphatic carbocycles. The van der Waals surface area contributed by atoms with Crippen molar-refractivity contribution in [2.75, 3.05) is 0 Å². The van der Waals surface area contributed by atoms with E-state index in [9.17, 15) is 45.7 Å². The molecule has 0 aromatic heterocycles. The summed E-state index contributed by atoms with van der Waals surface area (Å²) < 4.78 is 88.8. The molecule has 2 bridgehead atoms. The summed E-state index contributed by atoms with van der Waals surface area (Å²) in [6, 6.07) is 46.8. The summed E-state index contributed by atoms with van der Waals surface area (Å²) in [5.74, 6) is -1.05. The molecule has 8 atom stereocenters. The van der Waals surface area contributed by atoms with Crippen LogP contribution in [0.1, 0.15) is 159 Å². The number of ether oxygens (including phenoxy) is 6. The molecule has 8 unspecified atom stereocenters. The van der Waals surface area contributed by atoms with Crippen LogP contribution < -0.4 is 4.74 Å². The van der Waals surface area contributed by atoms with Crippen molar-refractivity contribution in [1.82, 2.24) is 0 Å². The molecule has 0 saturated carbocycles. The molecular weight excluding hydrogens is 1180 g/mol. The van der Waals surface area contributed by atoms with Gasteiger partial charge in [0.1, 0.15) is 23.2 Å². The number of benzene rings is 5. The molecule has 0 radical (unpaired) electrons. The maximum atomic E-state index is 13.0. The van der Waals surface area contributed by atoms with E-state index < -0.39 is 66.9 Å². The number of esters is 5. The van der Waals surface area contributed by atoms with Gasteiger partial charge in [-0.3, -0.25) is 24.0 Å². The molecule has 5 aromatic carbocycles. The highest BCUT2D eigenvalue weighted by Crippen LogP contribution is 2.48. The summed E-state index contributed by atoms with van der Waals surface area (Å²) in [7, 11) is -5.87. The first-order valence-electron chi connectivity index (χ1n) is 30.3. The quantitative estimate of drug-likeness (QED) is 0.0301. The Bertz CT molecular complexity index is 3170. The van der Waals surface area contributed by atoms with Crippen molar-refractivity contribution in [2.45, 2.75) is 211 Å². The summed E-state index contributed by atoms with van der Waals surface area (Å²) in [4.78, 5) is 63.2. The Balaban J connectivity index is 0.000000203. The molecule has 1 N–H and O–H groups in total. The molecule has 9 rings (SSSR count). The first kappa shape index (κ1) is 73.1. The monoisotopic (exact) mass is 1270 g/mol. The van der Waals surface area contributed by atoms with E-state index in [0.29, 0.717) is 31.9 Å². The standard InChI is InChI=1S/C18H26O2.C18H15S.C13H18O5.C12H16O3.C9H16F2O5S/c1-6-17(3,4)16(19)20-18(5)12-11-14-9-7-8-10-15(14)13(18)2;1-4-10-16(11-5-1)19(17-12-6-2-7-13-17)18-14-8-3-9-15-18;1-4-13(2,3)12(15)18-9-7-5-6-8(16-7)10(9)17-11(6)14;1-4-12(2,3)11(14)15-10-7-5-9(13)6-8-10;1-5-8(3,4)7(12)16-6(2)9(10,11)17(13,14)15/h7-10,13H,6,11-12H2,1-5H3;1-15H;6-10H,4-5H2,1-3H3;5-8,13H,4H2,1-3H3;6H,5H2,1-4H3,(H,13,14,15)/q;+1;;;/p-1. The average molecular weight is 1270 g/mol. The maximum absolute atomic E-state index is 13.0. The van der Waals surface area contributed by atoms with Crippen LogP contribution in [-0.2, 0) is 75.1 Å². The SMILES string of the molecule is CCC(C)(C)C(=O)OC(C)C(F)(F)S(=O)(=O)[O-].CCC(C)(C)C(=O)OC1(C)CCc2ccccc2C1C.CCC(C)(C)C(=O)OC1C2CC3C(=O)OC1C3O2.CCC(C)(C)C(=O)Oc1ccc(O)cc1.c1ccc([S+](c2ccccc2)c2ccccc2)cc1. The van der Waals surface area contributed by atoms with Gasteiger partial charge in [-0.25, -0.2) is 8.42 Å². The number of aryl methyl sites for hydroxylation is 1. The van der Waals surface area contributed by atoms with Gasteiger partial charge in [-0.15, -0.1) is 0 Å². The number of alkyl halides is 2. The van der Waals surface area contributed by atoms with Gasteiger partial charge in [0, 0.05) is 5.92 Å². The molecule has 3 aliphatic heterocycles. The van der Waals surface area contributed by atoms with Crippen molar-refractivity contribution in [1.29, 1.82) is 0 Å². The molecule has 3 fully saturated rings. The van der Waals surface area contributed by atoms with Gasteiger partial charge in [0.2, 0.25) is 0 Å². The molecule has 4 aliphatic rings. The largest absolute Gasteiger partial charge is 0.743 e. The summed E-state index contributed by atoms with van der Waals surface area (Å²) in [5.41, 5.74) is -0.0809. The highest BCUT2D eigenvalue weighted by molar-refractivity contribution is 7.97. The van der Waals surface area contributed by atoms with Crippen molar-refractivity contribution in [2.24, 2.45) is 27.6 Å². The van der Waals surface area contributed by atoms with Crippen LogP contribution in [0.4, 0.5) is 8.78 Å². The second-order valence-corrected chi connectivity index (χ2v) is 29.0. The van der Waals surface area contributed by atoms with Crippen LogP contribution >= 0.6 is 0 Å². The summed E-state index contributed by atoms with van der Waals surface area (Å²) >= 11 is 0. The minimum absolute atomic E-state index is 0.0146. The molecule has 0 amide bonds. The van der Waals surface area contributed by atoms with Crippen molar-refractivity contribution >= 4 is 50.9 Å². The minimum atomic E-state index is -5.86. The van der Waals surface area contributed by atoms with Gasteiger partial charge in [0.15, 0.2) is 43.1 Å². The second kappa shape index (κ2) is 30.4. The highest BCUT2D eigenvalue weighted by Gasteiger charge is 2.65. The number of halogens is 2. The predicted molar refractivity (Wildman–Crippen MR) is 336 cm³/mol. The number of fused-ring (bicyclic) bond motifs is 2. The van der Waals surface area contributed by atoms with Crippen molar-refractivity contribution in [3.63, 3.8) is 0 Å². The molecule has 19 heteroatoms. The van der Waals surface area contributed by atoms with Gasteiger partial charge < -0.3 is 38.1 Å². The van der Waals surface area contributed by atoms with Crippen LogP contribution in [0.25, 0.3) is 0 Å². The fraction of sp³-hybridized carbons (Fsp3) is 0.500. The van der Waals surface area contributed by atoms with Gasteiger partial charge in [-0.2, -0.15) is 8.78 Å². The summed E-state index contributed by atoms with van der Waals surface area (Å²) in [5, 5.41) is 4.42. The number of phenols is 1. The zero-order chi connectivity index (χ0) is 66.5. The number of carbonyl (C=O) groups excluding carboxylic acids is 5. The molecule has 486 valence electrons. The lowest BCUT2D eigenvalue weighted by atomic mass is 9.73. The van der Waals surface area contributed by atoms with Crippen molar-refractivity contribution < 1.29 is 79.3 Å². The Labute approximate surface area is 528 Å². The van der Waals surface area contributed by atoms with Gasteiger partial charge in [-0.1, -0.05) is 113 Å². The Kier molecular flexibility index (Phi) is 25.0. The number of hydrogen-bond acceptors (Lipinski definition) is 15. The van der Waals surface area contributed by atoms with E-state index in [1.54, 1.807) is 19.1 Å². The third kappa shape index (κ3) is 18.5. The maximum Gasteiger partial charge on any atom is 0.369 e. The van der Waals surface area contributed by atoms with Gasteiger partial charge in [-0.05, 0) is 186 Å². The lowest BCUT2D eigenvalue weighted by molar-refractivity contribution is -0.173. The van der Waals surface area contributed by atoms with Crippen molar-refractivity contribution in [3.05, 3.63) is 151 Å². The van der Waals surface area contributed by atoms with E-state index in [2.05, 4.69) is 134 Å². The van der Waals surface area contributed by atoms with Crippen LogP contribution in [0.5, 0.6) is 11.5 Å². The van der Waals surface area contributed by atoms with E-state index in [1.807, 2.05) is 62.3 Å². The van der Waals surface area contributed by atoms with E-state index in [-0.39, 0.29) is 64.6 Å². The highest BCUT2D eigenvalue weighted by atomic mass is 32.2. The molecular formula is C70H90F2O15S2. The van der Waals surface area contributed by atoms with E-state index in [4.69, 9.17) is 28.8 Å². The first-order chi connectivity index (χ1) is 41.5. The fourth-order valence-electron chi connectivity index (χ4n) is 9.27. The van der Waals surface area contributed by atoms with E-state index >= 15 is 0 Å². The third-order valence-electron chi connectivity index (χ3n) is 17.5. The lowest BCUT2D eigenvalue weighted by Crippen LogP contribution is -2.44. The van der Waals surface area contributed by atoms with Crippen LogP contribution in [-0.4, -0.2) is 89.3 Å². The number of carbonyl (C=O) groups is 5. The molecule has 15 nitrogen and oxygen atoms in total. The Hall–Kier alpha value is -6.67. The topological polar surface area (TPSA) is 218 Å². The number of phenolic OH excluding ortho intramolecular Hbond substituents is 1. The average Bonchev–Trinajstić information content (AvgIpc) is 1.61. The Morgan fingerprint density at radius 1 is 0.663 bits per heavy atom. The third-order valence-corrected chi connectivity index (χ3v) is 20.7. The normalized spacial score (nSPS) is 21.2. The van der Waals surface area contributed by atoms with E-state index in [1.165, 1.54) is 51.8 Å². The lowest BCUT2D eigenvalue weighted by Gasteiger charge is -2.42. The number of rotatable bonds is 17. The van der Waals surface area contributed by atoms with Crippen LogP contribution in [0.2, 0.25) is 0 Å². The molecule has 89 heavy (non-hydrogen) atoms. The Morgan fingerprint density at radius 2 is 1.10 bits per heavy atom. The summed E-state index contributed by atoms with van der Waals surface area (Å²) in [6.45, 7) is 26.7. The van der Waals surface area contributed by atoms with Crippen LogP contribution in [0.3, 0.4) is 0 Å². The molecule has 3 heterocycles. The number of aromatic hydroxyl groups is 1. The van der Waals surface area contributed by atoms with E-state index in [0.717, 1.165) is 25.7 Å². The van der Waals surface area contributed by atoms with Gasteiger partial charge in [0.25, 0.3) is 0 Å². The molecule has 3 saturated heterocycles. The molecule has 0 spiro atoms. The molecule has 5 aromatic rings. The predicted octanol–water partition coefficient (Wildman–Crippen LogP) is 14.5. The van der Waals surface area contributed by atoms with Gasteiger partial charge in [0.05, 0.1) is 44.6 Å². The Morgan fingerprint density at radius 3 is 1.57 bits per heavy atom. The zero-order valence-corrected chi connectivity index (χ0v) is 55.6. The second-order valence-electron chi connectivity index (χ2n) is 25.5. The zero-order valence-electron chi connectivity index (χ0n) is 54.0. The number of hydrogen-bond donors (Lipinski definition) is 1.